The molecular formula is C13H18N2O. The predicted molar refractivity (Wildman–Crippen MR) is 65.4 cm³/mol. The number of aryl methyl sites for hydroxylation is 1. The SMILES string of the molecule is CCc1cc(N)cc(C(=O)N2CCCC2)c1. The van der Waals surface area contributed by atoms with Gasteiger partial charge in [0.2, 0.25) is 0 Å². The Morgan fingerprint density at radius 2 is 2.00 bits per heavy atom. The highest BCUT2D eigenvalue weighted by atomic mass is 16.2. The minimum Gasteiger partial charge on any atom is -0.399 e. The lowest BCUT2D eigenvalue weighted by Crippen LogP contribution is -2.27. The summed E-state index contributed by atoms with van der Waals surface area (Å²) >= 11 is 0. The highest BCUT2D eigenvalue weighted by molar-refractivity contribution is 5.95. The Morgan fingerprint density at radius 1 is 1.31 bits per heavy atom. The monoisotopic (exact) mass is 218 g/mol. The second-order valence-electron chi connectivity index (χ2n) is 4.32. The number of nitrogens with zero attached hydrogens (tertiary/aromatic N) is 1. The van der Waals surface area contributed by atoms with Crippen molar-refractivity contribution in [3.63, 3.8) is 0 Å². The molecule has 0 atom stereocenters. The average Bonchev–Trinajstić information content (AvgIpc) is 2.80. The van der Waals surface area contributed by atoms with Gasteiger partial charge in [0.1, 0.15) is 0 Å². The van der Waals surface area contributed by atoms with E-state index in [1.165, 1.54) is 0 Å². The summed E-state index contributed by atoms with van der Waals surface area (Å²) in [5.41, 5.74) is 8.35. The fourth-order valence-electron chi connectivity index (χ4n) is 2.15. The first-order valence-electron chi connectivity index (χ1n) is 5.89. The number of nitrogen functional groups attached to an aromatic ring is 1. The number of nitrogens with two attached hydrogens (primary N) is 1. The molecule has 1 saturated heterocycles. The topological polar surface area (TPSA) is 46.3 Å². The first-order chi connectivity index (χ1) is 7.70. The van der Waals surface area contributed by atoms with Crippen LogP contribution in [0.15, 0.2) is 18.2 Å². The Morgan fingerprint density at radius 3 is 2.62 bits per heavy atom. The summed E-state index contributed by atoms with van der Waals surface area (Å²) in [4.78, 5) is 14.0. The Kier molecular flexibility index (Phi) is 3.13. The van der Waals surface area contributed by atoms with Gasteiger partial charge >= 0.3 is 0 Å². The lowest BCUT2D eigenvalue weighted by Gasteiger charge is -2.16. The van der Waals surface area contributed by atoms with E-state index < -0.39 is 0 Å². The zero-order chi connectivity index (χ0) is 11.5. The van der Waals surface area contributed by atoms with Crippen molar-refractivity contribution < 1.29 is 4.79 Å². The van der Waals surface area contributed by atoms with Crippen LogP contribution in [0.1, 0.15) is 35.7 Å². The number of anilines is 1. The van der Waals surface area contributed by atoms with Crippen LogP contribution in [0.25, 0.3) is 0 Å². The van der Waals surface area contributed by atoms with Crippen molar-refractivity contribution in [2.45, 2.75) is 26.2 Å². The van der Waals surface area contributed by atoms with Gasteiger partial charge in [-0.1, -0.05) is 6.92 Å². The van der Waals surface area contributed by atoms with Gasteiger partial charge in [-0.25, -0.2) is 0 Å². The maximum atomic E-state index is 12.1. The molecule has 0 aliphatic carbocycles. The smallest absolute Gasteiger partial charge is 0.253 e. The molecule has 2 rings (SSSR count). The van der Waals surface area contributed by atoms with Crippen molar-refractivity contribution in [1.29, 1.82) is 0 Å². The van der Waals surface area contributed by atoms with E-state index in [1.807, 2.05) is 17.0 Å². The van der Waals surface area contributed by atoms with Gasteiger partial charge in [0, 0.05) is 24.3 Å². The molecule has 0 spiro atoms. The number of hydrogen-bond acceptors (Lipinski definition) is 2. The van der Waals surface area contributed by atoms with Gasteiger partial charge in [-0.2, -0.15) is 0 Å². The standard InChI is InChI=1S/C13H18N2O/c1-2-10-7-11(9-12(14)8-10)13(16)15-5-3-4-6-15/h7-9H,2-6,14H2,1H3. The second-order valence-corrected chi connectivity index (χ2v) is 4.32. The molecule has 1 aromatic carbocycles. The normalized spacial score (nSPS) is 15.4. The molecule has 86 valence electrons. The van der Waals surface area contributed by atoms with Crippen LogP contribution in [0.3, 0.4) is 0 Å². The zero-order valence-corrected chi connectivity index (χ0v) is 9.70. The molecule has 1 fully saturated rings. The maximum absolute atomic E-state index is 12.1. The van der Waals surface area contributed by atoms with Gasteiger partial charge in [-0.15, -0.1) is 0 Å². The molecule has 0 radical (unpaired) electrons. The third-order valence-corrected chi connectivity index (χ3v) is 3.06. The lowest BCUT2D eigenvalue weighted by atomic mass is 10.1. The number of carbonyl (C=O) groups excluding carboxylic acids is 1. The zero-order valence-electron chi connectivity index (χ0n) is 9.70. The van der Waals surface area contributed by atoms with Crippen LogP contribution < -0.4 is 5.73 Å². The molecule has 1 heterocycles. The quantitative estimate of drug-likeness (QED) is 0.772. The van der Waals surface area contributed by atoms with E-state index in [4.69, 9.17) is 5.73 Å². The van der Waals surface area contributed by atoms with E-state index in [9.17, 15) is 4.79 Å². The highest BCUT2D eigenvalue weighted by Gasteiger charge is 2.19. The molecule has 0 aromatic heterocycles. The van der Waals surface area contributed by atoms with Gasteiger partial charge in [0.15, 0.2) is 0 Å². The van der Waals surface area contributed by atoms with E-state index in [-0.39, 0.29) is 5.91 Å². The first-order valence-corrected chi connectivity index (χ1v) is 5.89. The van der Waals surface area contributed by atoms with Crippen molar-refractivity contribution in [1.82, 2.24) is 4.90 Å². The molecule has 1 aliphatic heterocycles. The predicted octanol–water partition coefficient (Wildman–Crippen LogP) is 2.07. The van der Waals surface area contributed by atoms with Crippen LogP contribution in [0, 0.1) is 0 Å². The molecule has 3 nitrogen and oxygen atoms in total. The lowest BCUT2D eigenvalue weighted by molar-refractivity contribution is 0.0793. The van der Waals surface area contributed by atoms with E-state index in [0.717, 1.165) is 43.5 Å². The van der Waals surface area contributed by atoms with Crippen molar-refractivity contribution in [3.05, 3.63) is 29.3 Å². The average molecular weight is 218 g/mol. The summed E-state index contributed by atoms with van der Waals surface area (Å²) in [7, 11) is 0. The van der Waals surface area contributed by atoms with Crippen LogP contribution in [-0.4, -0.2) is 23.9 Å². The minimum absolute atomic E-state index is 0.125. The van der Waals surface area contributed by atoms with Crippen LogP contribution in [0.5, 0.6) is 0 Å². The summed E-state index contributed by atoms with van der Waals surface area (Å²) in [5, 5.41) is 0. The van der Waals surface area contributed by atoms with E-state index >= 15 is 0 Å². The molecule has 0 bridgehead atoms. The molecule has 1 aliphatic rings. The van der Waals surface area contributed by atoms with Crippen molar-refractivity contribution in [2.24, 2.45) is 0 Å². The van der Waals surface area contributed by atoms with Crippen LogP contribution in [-0.2, 0) is 6.42 Å². The first kappa shape index (κ1) is 11.0. The van der Waals surface area contributed by atoms with Gasteiger partial charge in [-0.05, 0) is 43.0 Å². The van der Waals surface area contributed by atoms with E-state index in [0.29, 0.717) is 5.69 Å². The van der Waals surface area contributed by atoms with Crippen molar-refractivity contribution in [3.8, 4) is 0 Å². The fraction of sp³-hybridized carbons (Fsp3) is 0.462. The molecule has 1 amide bonds. The Balaban J connectivity index is 2.24. The molecule has 1 aromatic rings. The number of rotatable bonds is 2. The molecule has 0 saturated carbocycles. The summed E-state index contributed by atoms with van der Waals surface area (Å²) in [6.45, 7) is 3.84. The van der Waals surface area contributed by atoms with E-state index in [2.05, 4.69) is 6.92 Å². The summed E-state index contributed by atoms with van der Waals surface area (Å²) < 4.78 is 0. The number of likely N-dealkylation sites (tertiary alicyclic amines) is 1. The number of benzene rings is 1. The van der Waals surface area contributed by atoms with Gasteiger partial charge < -0.3 is 10.6 Å². The molecule has 0 unspecified atom stereocenters. The minimum atomic E-state index is 0.125. The van der Waals surface area contributed by atoms with Gasteiger partial charge in [0.05, 0.1) is 0 Å². The number of hydrogen-bond donors (Lipinski definition) is 1. The van der Waals surface area contributed by atoms with Gasteiger partial charge in [-0.3, -0.25) is 4.79 Å². The Bertz CT molecular complexity index is 395. The fourth-order valence-corrected chi connectivity index (χ4v) is 2.15. The summed E-state index contributed by atoms with van der Waals surface area (Å²) in [6.07, 6.45) is 3.15. The van der Waals surface area contributed by atoms with Gasteiger partial charge in [0.25, 0.3) is 5.91 Å². The Hall–Kier alpha value is -1.51. The second kappa shape index (κ2) is 4.56. The molecule has 2 N–H and O–H groups in total. The highest BCUT2D eigenvalue weighted by Crippen LogP contribution is 2.17. The van der Waals surface area contributed by atoms with E-state index in [1.54, 1.807) is 6.07 Å². The van der Waals surface area contributed by atoms with Crippen LogP contribution in [0.2, 0.25) is 0 Å². The largest absolute Gasteiger partial charge is 0.399 e. The number of amides is 1. The molecule has 16 heavy (non-hydrogen) atoms. The van der Waals surface area contributed by atoms with Crippen LogP contribution in [0.4, 0.5) is 5.69 Å². The Labute approximate surface area is 96.2 Å². The third kappa shape index (κ3) is 2.18. The van der Waals surface area contributed by atoms with Crippen LogP contribution >= 0.6 is 0 Å². The molecular weight excluding hydrogens is 200 g/mol. The summed E-state index contributed by atoms with van der Waals surface area (Å²) in [5.74, 6) is 0.125. The molecule has 3 heteroatoms. The van der Waals surface area contributed by atoms with Crippen molar-refractivity contribution in [2.75, 3.05) is 18.8 Å². The van der Waals surface area contributed by atoms with Crippen molar-refractivity contribution >= 4 is 11.6 Å². The third-order valence-electron chi connectivity index (χ3n) is 3.06. The summed E-state index contributed by atoms with van der Waals surface area (Å²) in [6, 6.07) is 5.66. The number of carbonyl (C=O) groups is 1. The maximum Gasteiger partial charge on any atom is 0.253 e.